The van der Waals surface area contributed by atoms with Gasteiger partial charge in [-0.15, -0.1) is 0 Å². The number of ketones is 1. The lowest BCUT2D eigenvalue weighted by atomic mass is 9.98. The lowest BCUT2D eigenvalue weighted by Crippen LogP contribution is -2.42. The molecule has 244 valence electrons. The number of benzene rings is 1. The van der Waals surface area contributed by atoms with E-state index in [0.717, 1.165) is 50.0 Å². The van der Waals surface area contributed by atoms with E-state index in [1.165, 1.54) is 6.39 Å². The van der Waals surface area contributed by atoms with Gasteiger partial charge in [0, 0.05) is 63.4 Å². The smallest absolute Gasteiger partial charge is 0.222 e. The summed E-state index contributed by atoms with van der Waals surface area (Å²) in [6.45, 7) is 7.76. The molecule has 2 aliphatic heterocycles. The van der Waals surface area contributed by atoms with E-state index in [-0.39, 0.29) is 44.3 Å². The number of aliphatic hydroxyl groups excluding tert-OH is 1. The molecule has 1 saturated heterocycles. The van der Waals surface area contributed by atoms with Crippen LogP contribution >= 0.6 is 25.1 Å². The highest BCUT2D eigenvalue weighted by Gasteiger charge is 2.25. The average Bonchev–Trinajstić information content (AvgIpc) is 3.53. The Morgan fingerprint density at radius 2 is 2.00 bits per heavy atom. The molecule has 0 spiro atoms. The maximum absolute atomic E-state index is 13.0. The minimum absolute atomic E-state index is 0. The third-order valence-corrected chi connectivity index (χ3v) is 8.68. The molecular formula is C33H44ClN5O5S. The molecular weight excluding hydrogens is 614 g/mol. The fourth-order valence-corrected chi connectivity index (χ4v) is 6.19. The van der Waals surface area contributed by atoms with Crippen molar-refractivity contribution in [2.45, 2.75) is 77.7 Å². The van der Waals surface area contributed by atoms with Gasteiger partial charge < -0.3 is 24.5 Å². The molecule has 0 aliphatic carbocycles. The summed E-state index contributed by atoms with van der Waals surface area (Å²) in [5.74, 6) is 2.47. The van der Waals surface area contributed by atoms with Crippen LogP contribution in [0.25, 0.3) is 0 Å². The van der Waals surface area contributed by atoms with Crippen LogP contribution in [-0.4, -0.2) is 74.9 Å². The largest absolute Gasteiger partial charge is 0.484 e. The number of carbonyl (C=O) groups excluding carboxylic acids is 2. The molecule has 10 nitrogen and oxygen atoms in total. The number of nitrogens with one attached hydrogen (secondary N) is 1. The molecule has 3 aromatic rings. The topological polar surface area (TPSA) is 121 Å². The number of aromatic nitrogens is 2. The predicted octanol–water partition coefficient (Wildman–Crippen LogP) is 5.25. The molecule has 0 saturated carbocycles. The maximum atomic E-state index is 13.0. The summed E-state index contributed by atoms with van der Waals surface area (Å²) in [6, 6.07) is 7.61. The minimum Gasteiger partial charge on any atom is -0.484 e. The molecule has 0 radical (unpaired) electrons. The second-order valence-corrected chi connectivity index (χ2v) is 12.6. The third kappa shape index (κ3) is 9.68. The molecule has 0 unspecified atom stereocenters. The van der Waals surface area contributed by atoms with Crippen molar-refractivity contribution in [3.05, 3.63) is 70.5 Å². The number of halogens is 1. The van der Waals surface area contributed by atoms with Gasteiger partial charge in [0.25, 0.3) is 0 Å². The molecule has 1 amide bonds. The number of amides is 1. The Kier molecular flexibility index (Phi) is 12.7. The molecule has 45 heavy (non-hydrogen) atoms. The highest BCUT2D eigenvalue weighted by atomic mass is 35.5. The Hall–Kier alpha value is -3.12. The molecule has 1 atom stereocenters. The highest BCUT2D eigenvalue weighted by Crippen LogP contribution is 2.34. The number of pyridine rings is 1. The lowest BCUT2D eigenvalue weighted by molar-refractivity contribution is -0.132. The molecule has 4 heterocycles. The van der Waals surface area contributed by atoms with Gasteiger partial charge in [-0.1, -0.05) is 31.5 Å². The Bertz CT molecular complexity index is 1410. The van der Waals surface area contributed by atoms with Crippen LogP contribution in [0, 0.1) is 5.92 Å². The van der Waals surface area contributed by atoms with Crippen LogP contribution in [0.2, 0.25) is 5.02 Å². The van der Waals surface area contributed by atoms with Crippen molar-refractivity contribution >= 4 is 42.6 Å². The molecule has 2 N–H and O–H groups in total. The van der Waals surface area contributed by atoms with E-state index < -0.39 is 6.10 Å². The second kappa shape index (κ2) is 16.4. The first kappa shape index (κ1) is 34.7. The van der Waals surface area contributed by atoms with Gasteiger partial charge in [0.15, 0.2) is 17.9 Å². The highest BCUT2D eigenvalue weighted by molar-refractivity contribution is 7.59. The van der Waals surface area contributed by atoms with Crippen LogP contribution in [0.5, 0.6) is 5.75 Å². The number of nitrogens with zero attached hydrogens (tertiary/aromatic N) is 4. The Morgan fingerprint density at radius 3 is 2.73 bits per heavy atom. The van der Waals surface area contributed by atoms with E-state index in [9.17, 15) is 14.7 Å². The molecule has 2 aliphatic rings. The van der Waals surface area contributed by atoms with Crippen molar-refractivity contribution in [2.75, 3.05) is 31.5 Å². The standard InChI is InChI=1S/C33H42ClN5O5.H2S/c1-22(2)15-32(42)39-13-8-25(9-14-39)37-31-16-23(7-11-36-31)29(41)5-4-26(40)19-38-12-10-28-24(18-38)3-6-30(33(28)34)43-20-27-17-35-21-44-27;/h3,6-7,11,16-17,21-22,25-26,40H,4-5,8-10,12-15,18-20H2,1-2H3,(H,36,37);1H2/t26-;/m0./s1. The van der Waals surface area contributed by atoms with Crippen LogP contribution in [0.4, 0.5) is 5.82 Å². The number of ether oxygens (including phenoxy) is 1. The summed E-state index contributed by atoms with van der Waals surface area (Å²) in [7, 11) is 0. The van der Waals surface area contributed by atoms with Crippen molar-refractivity contribution in [3.63, 3.8) is 0 Å². The zero-order valence-corrected chi connectivity index (χ0v) is 27.8. The predicted molar refractivity (Wildman–Crippen MR) is 178 cm³/mol. The zero-order valence-electron chi connectivity index (χ0n) is 26.0. The molecule has 5 rings (SSSR count). The van der Waals surface area contributed by atoms with Gasteiger partial charge in [-0.05, 0) is 60.9 Å². The number of rotatable bonds is 13. The van der Waals surface area contributed by atoms with Gasteiger partial charge in [0.05, 0.1) is 17.3 Å². The van der Waals surface area contributed by atoms with E-state index in [1.807, 2.05) is 17.0 Å². The number of piperidine rings is 1. The Labute approximate surface area is 276 Å². The Balaban J connectivity index is 0.00000461. The number of aliphatic hydroxyl groups is 1. The molecule has 0 bridgehead atoms. The van der Waals surface area contributed by atoms with Crippen molar-refractivity contribution in [1.29, 1.82) is 0 Å². The normalized spacial score (nSPS) is 16.2. The van der Waals surface area contributed by atoms with E-state index in [2.05, 4.69) is 34.0 Å². The van der Waals surface area contributed by atoms with Crippen LogP contribution in [-0.2, 0) is 24.4 Å². The van der Waals surface area contributed by atoms with E-state index in [4.69, 9.17) is 20.8 Å². The average molecular weight is 658 g/mol. The molecule has 12 heteroatoms. The van der Waals surface area contributed by atoms with Gasteiger partial charge in [0.2, 0.25) is 5.91 Å². The summed E-state index contributed by atoms with van der Waals surface area (Å²) in [5, 5.41) is 14.8. The number of β-amino-alcohol motifs (C(OH)–C–C–N with tert-alkyl or cyclic N) is 1. The zero-order chi connectivity index (χ0) is 31.1. The van der Waals surface area contributed by atoms with Crippen LogP contribution in [0.3, 0.4) is 0 Å². The number of carbonyl (C=O) groups is 2. The Morgan fingerprint density at radius 1 is 1.20 bits per heavy atom. The van der Waals surface area contributed by atoms with E-state index in [0.29, 0.717) is 59.8 Å². The van der Waals surface area contributed by atoms with Crippen molar-refractivity contribution in [2.24, 2.45) is 5.92 Å². The molecule has 1 aromatic carbocycles. The summed E-state index contributed by atoms with van der Waals surface area (Å²) in [5.41, 5.74) is 2.76. The summed E-state index contributed by atoms with van der Waals surface area (Å²) < 4.78 is 11.0. The fraction of sp³-hybridized carbons (Fsp3) is 0.515. The number of fused-ring (bicyclic) bond motifs is 1. The maximum Gasteiger partial charge on any atom is 0.222 e. The van der Waals surface area contributed by atoms with Gasteiger partial charge in [-0.2, -0.15) is 13.5 Å². The van der Waals surface area contributed by atoms with Gasteiger partial charge >= 0.3 is 0 Å². The number of hydrogen-bond donors (Lipinski definition) is 2. The first-order chi connectivity index (χ1) is 21.2. The number of anilines is 1. The monoisotopic (exact) mass is 657 g/mol. The quantitative estimate of drug-likeness (QED) is 0.238. The summed E-state index contributed by atoms with van der Waals surface area (Å²) in [4.78, 5) is 37.8. The molecule has 2 aromatic heterocycles. The first-order valence-corrected chi connectivity index (χ1v) is 15.9. The number of oxazole rings is 1. The SMILES string of the molecule is CC(C)CC(=O)N1CCC(Nc2cc(C(=O)CC[C@H](O)CN3CCc4c(ccc(OCc5cnco5)c4Cl)C3)ccn2)CC1.S. The second-order valence-electron chi connectivity index (χ2n) is 12.2. The number of Topliss-reactive ketones (excluding diaryl/α,β-unsaturated/α-hetero) is 1. The van der Waals surface area contributed by atoms with Crippen LogP contribution in [0.15, 0.2) is 47.5 Å². The van der Waals surface area contributed by atoms with Crippen LogP contribution < -0.4 is 10.1 Å². The van der Waals surface area contributed by atoms with Gasteiger partial charge in [-0.3, -0.25) is 14.5 Å². The van der Waals surface area contributed by atoms with Gasteiger partial charge in [0.1, 0.15) is 18.2 Å². The number of likely N-dealkylation sites (tertiary alicyclic amines) is 1. The number of hydrogen-bond acceptors (Lipinski definition) is 9. The lowest BCUT2D eigenvalue weighted by Gasteiger charge is -2.33. The van der Waals surface area contributed by atoms with Gasteiger partial charge in [-0.25, -0.2) is 9.97 Å². The molecule has 1 fully saturated rings. The third-order valence-electron chi connectivity index (χ3n) is 8.27. The fourth-order valence-electron chi connectivity index (χ4n) is 5.85. The van der Waals surface area contributed by atoms with E-state index in [1.54, 1.807) is 24.5 Å². The van der Waals surface area contributed by atoms with Crippen molar-refractivity contribution in [3.8, 4) is 5.75 Å². The summed E-state index contributed by atoms with van der Waals surface area (Å²) in [6.07, 6.45) is 7.67. The summed E-state index contributed by atoms with van der Waals surface area (Å²) >= 11 is 6.66. The first-order valence-electron chi connectivity index (χ1n) is 15.5. The van der Waals surface area contributed by atoms with Crippen molar-refractivity contribution < 1.29 is 23.8 Å². The van der Waals surface area contributed by atoms with Crippen LogP contribution in [0.1, 0.15) is 73.2 Å². The minimum atomic E-state index is -0.622. The van der Waals surface area contributed by atoms with E-state index >= 15 is 0 Å². The van der Waals surface area contributed by atoms with Crippen molar-refractivity contribution in [1.82, 2.24) is 19.8 Å².